The summed E-state index contributed by atoms with van der Waals surface area (Å²) in [6, 6.07) is 5.54. The van der Waals surface area contributed by atoms with Crippen molar-refractivity contribution in [2.45, 2.75) is 25.3 Å². The molecule has 6 nitrogen and oxygen atoms in total. The summed E-state index contributed by atoms with van der Waals surface area (Å²) in [6.45, 7) is 0. The van der Waals surface area contributed by atoms with E-state index in [1.807, 2.05) is 12.3 Å². The van der Waals surface area contributed by atoms with E-state index < -0.39 is 0 Å². The van der Waals surface area contributed by atoms with E-state index in [-0.39, 0.29) is 11.9 Å². The van der Waals surface area contributed by atoms with Crippen molar-refractivity contribution in [3.63, 3.8) is 0 Å². The number of furan rings is 1. The smallest absolute Gasteiger partial charge is 0.253 e. The number of carbonyl (C=O) groups is 1. The second-order valence-electron chi connectivity index (χ2n) is 5.59. The Morgan fingerprint density at radius 1 is 1.35 bits per heavy atom. The summed E-state index contributed by atoms with van der Waals surface area (Å²) in [4.78, 5) is 20.7. The van der Waals surface area contributed by atoms with Crippen molar-refractivity contribution < 1.29 is 9.21 Å². The van der Waals surface area contributed by atoms with E-state index in [4.69, 9.17) is 4.42 Å². The van der Waals surface area contributed by atoms with Gasteiger partial charge in [-0.15, -0.1) is 0 Å². The zero-order chi connectivity index (χ0) is 15.6. The lowest BCUT2D eigenvalue weighted by Crippen LogP contribution is -2.30. The van der Waals surface area contributed by atoms with E-state index in [0.29, 0.717) is 5.56 Å². The van der Waals surface area contributed by atoms with Crippen molar-refractivity contribution in [1.29, 1.82) is 0 Å². The molecule has 6 heteroatoms. The van der Waals surface area contributed by atoms with Gasteiger partial charge in [-0.05, 0) is 31.0 Å². The van der Waals surface area contributed by atoms with Gasteiger partial charge in [-0.3, -0.25) is 9.36 Å². The van der Waals surface area contributed by atoms with Crippen LogP contribution in [-0.4, -0.2) is 20.4 Å². The van der Waals surface area contributed by atoms with Crippen LogP contribution in [0.25, 0.3) is 5.82 Å². The number of aromatic nitrogens is 3. The Bertz CT molecular complexity index is 806. The highest BCUT2D eigenvalue weighted by molar-refractivity contribution is 5.94. The first-order chi connectivity index (χ1) is 11.3. The molecule has 1 amide bonds. The molecule has 0 aliphatic heterocycles. The normalized spacial score (nSPS) is 16.8. The fourth-order valence-electron chi connectivity index (χ4n) is 2.95. The minimum Gasteiger partial charge on any atom is -0.469 e. The van der Waals surface area contributed by atoms with E-state index in [9.17, 15) is 4.79 Å². The summed E-state index contributed by atoms with van der Waals surface area (Å²) in [7, 11) is 0. The molecule has 3 aromatic heterocycles. The van der Waals surface area contributed by atoms with Gasteiger partial charge < -0.3 is 9.73 Å². The molecule has 1 N–H and O–H groups in total. The third-order valence-electron chi connectivity index (χ3n) is 4.14. The van der Waals surface area contributed by atoms with Gasteiger partial charge in [0.05, 0.1) is 17.9 Å². The number of rotatable bonds is 3. The first kappa shape index (κ1) is 13.8. The molecule has 23 heavy (non-hydrogen) atoms. The van der Waals surface area contributed by atoms with Gasteiger partial charge in [-0.2, -0.15) is 0 Å². The second kappa shape index (κ2) is 5.72. The predicted molar refractivity (Wildman–Crippen MR) is 83.2 cm³/mol. The molecule has 3 aromatic rings. The molecule has 0 fully saturated rings. The molecule has 3 heterocycles. The SMILES string of the molecule is O=C(N[C@@H]1CCCc2occc21)c1ccc(-n2ccnc2)nc1. The number of nitrogens with zero attached hydrogens (tertiary/aromatic N) is 3. The van der Waals surface area contributed by atoms with Crippen LogP contribution in [0.15, 0.2) is 53.8 Å². The molecule has 1 atom stereocenters. The van der Waals surface area contributed by atoms with Crippen LogP contribution in [0.4, 0.5) is 0 Å². The number of amides is 1. The maximum Gasteiger partial charge on any atom is 0.253 e. The number of aryl methyl sites for hydroxylation is 1. The van der Waals surface area contributed by atoms with E-state index in [1.54, 1.807) is 41.7 Å². The van der Waals surface area contributed by atoms with Crippen LogP contribution in [0.3, 0.4) is 0 Å². The largest absolute Gasteiger partial charge is 0.469 e. The molecule has 0 unspecified atom stereocenters. The second-order valence-corrected chi connectivity index (χ2v) is 5.59. The van der Waals surface area contributed by atoms with Crippen LogP contribution < -0.4 is 5.32 Å². The van der Waals surface area contributed by atoms with Gasteiger partial charge in [0, 0.05) is 30.6 Å². The van der Waals surface area contributed by atoms with Crippen LogP contribution in [-0.2, 0) is 6.42 Å². The highest BCUT2D eigenvalue weighted by atomic mass is 16.3. The highest BCUT2D eigenvalue weighted by Gasteiger charge is 2.24. The average molecular weight is 308 g/mol. The molecule has 0 saturated carbocycles. The lowest BCUT2D eigenvalue weighted by Gasteiger charge is -2.22. The molecule has 0 bridgehead atoms. The highest BCUT2D eigenvalue weighted by Crippen LogP contribution is 2.30. The molecule has 0 radical (unpaired) electrons. The fourth-order valence-corrected chi connectivity index (χ4v) is 2.95. The zero-order valence-electron chi connectivity index (χ0n) is 12.5. The molecule has 1 aliphatic rings. The van der Waals surface area contributed by atoms with Gasteiger partial charge in [0.1, 0.15) is 17.9 Å². The van der Waals surface area contributed by atoms with E-state index in [2.05, 4.69) is 15.3 Å². The summed E-state index contributed by atoms with van der Waals surface area (Å²) < 4.78 is 7.25. The van der Waals surface area contributed by atoms with Crippen molar-refractivity contribution >= 4 is 5.91 Å². The Morgan fingerprint density at radius 3 is 3.09 bits per heavy atom. The van der Waals surface area contributed by atoms with Gasteiger partial charge in [-0.25, -0.2) is 9.97 Å². The van der Waals surface area contributed by atoms with Gasteiger partial charge in [0.25, 0.3) is 5.91 Å². The summed E-state index contributed by atoms with van der Waals surface area (Å²) in [5.74, 6) is 1.60. The van der Waals surface area contributed by atoms with Gasteiger partial charge in [0.15, 0.2) is 0 Å². The molecular formula is C17H16N4O2. The quantitative estimate of drug-likeness (QED) is 0.807. The Balaban J connectivity index is 1.50. The van der Waals surface area contributed by atoms with Gasteiger partial charge >= 0.3 is 0 Å². The predicted octanol–water partition coefficient (Wildman–Crippen LogP) is 2.67. The molecular weight excluding hydrogens is 292 g/mol. The lowest BCUT2D eigenvalue weighted by molar-refractivity contribution is 0.0932. The number of fused-ring (bicyclic) bond motifs is 1. The fraction of sp³-hybridized carbons (Fsp3) is 0.235. The minimum absolute atomic E-state index is 0.0123. The maximum atomic E-state index is 12.4. The lowest BCUT2D eigenvalue weighted by atomic mass is 9.93. The van der Waals surface area contributed by atoms with Crippen LogP contribution in [0.1, 0.15) is 40.6 Å². The number of hydrogen-bond donors (Lipinski definition) is 1. The van der Waals surface area contributed by atoms with Crippen molar-refractivity contribution in [2.75, 3.05) is 0 Å². The van der Waals surface area contributed by atoms with Crippen LogP contribution >= 0.6 is 0 Å². The molecule has 0 aromatic carbocycles. The summed E-state index contributed by atoms with van der Waals surface area (Å²) in [5, 5.41) is 3.07. The zero-order valence-corrected chi connectivity index (χ0v) is 12.5. The topological polar surface area (TPSA) is 73.0 Å². The van der Waals surface area contributed by atoms with Crippen LogP contribution in [0.5, 0.6) is 0 Å². The van der Waals surface area contributed by atoms with E-state index in [0.717, 1.165) is 36.4 Å². The Morgan fingerprint density at radius 2 is 2.30 bits per heavy atom. The molecule has 1 aliphatic carbocycles. The number of imidazole rings is 1. The van der Waals surface area contributed by atoms with Gasteiger partial charge in [0.2, 0.25) is 0 Å². The van der Waals surface area contributed by atoms with Crippen molar-refractivity contribution in [3.05, 3.63) is 66.3 Å². The molecule has 0 spiro atoms. The monoisotopic (exact) mass is 308 g/mol. The van der Waals surface area contributed by atoms with Crippen molar-refractivity contribution in [2.24, 2.45) is 0 Å². The van der Waals surface area contributed by atoms with Crippen molar-refractivity contribution in [3.8, 4) is 5.82 Å². The van der Waals surface area contributed by atoms with Gasteiger partial charge in [-0.1, -0.05) is 0 Å². The van der Waals surface area contributed by atoms with Crippen molar-refractivity contribution in [1.82, 2.24) is 19.9 Å². The minimum atomic E-state index is -0.117. The molecule has 0 saturated heterocycles. The number of nitrogens with one attached hydrogen (secondary N) is 1. The van der Waals surface area contributed by atoms with E-state index >= 15 is 0 Å². The number of hydrogen-bond acceptors (Lipinski definition) is 4. The maximum absolute atomic E-state index is 12.4. The summed E-state index contributed by atoms with van der Waals surface area (Å²) in [5.41, 5.74) is 1.64. The third-order valence-corrected chi connectivity index (χ3v) is 4.14. The average Bonchev–Trinajstić information content (AvgIpc) is 3.27. The standard InChI is InChI=1S/C17H16N4O2/c22-17(20-14-2-1-3-15-13(14)6-9-23-15)12-4-5-16(19-10-12)21-8-7-18-11-21/h4-11,14H,1-3H2,(H,20,22)/t14-/m1/s1. The first-order valence-corrected chi connectivity index (χ1v) is 7.63. The van der Waals surface area contributed by atoms with Crippen LogP contribution in [0.2, 0.25) is 0 Å². The molecule has 4 rings (SSSR count). The number of carbonyl (C=O) groups excluding carboxylic acids is 1. The van der Waals surface area contributed by atoms with Crippen LogP contribution in [0, 0.1) is 0 Å². The Hall–Kier alpha value is -2.89. The Kier molecular flexibility index (Phi) is 3.42. The van der Waals surface area contributed by atoms with E-state index in [1.165, 1.54) is 0 Å². The summed E-state index contributed by atoms with van der Waals surface area (Å²) in [6.07, 6.45) is 11.3. The third kappa shape index (κ3) is 2.63. The summed E-state index contributed by atoms with van der Waals surface area (Å²) >= 11 is 0. The molecule has 116 valence electrons. The Labute approximate surface area is 133 Å². The number of pyridine rings is 1. The first-order valence-electron chi connectivity index (χ1n) is 7.63.